The summed E-state index contributed by atoms with van der Waals surface area (Å²) in [6, 6.07) is 15.8. The number of hydrogen-bond donors (Lipinski definition) is 0. The van der Waals surface area contributed by atoms with Gasteiger partial charge in [0.15, 0.2) is 0 Å². The molecule has 9 heteroatoms. The SMILES string of the molecule is COCC(=O)N1CCCN(Cc2ccc(Cl)cc2)CCCN(C(=O)CCc2cnn(C)c2)Cc2ccccc21. The molecule has 0 bridgehead atoms. The van der Waals surface area contributed by atoms with Gasteiger partial charge in [0.25, 0.3) is 5.91 Å². The van der Waals surface area contributed by atoms with Gasteiger partial charge in [-0.15, -0.1) is 0 Å². The van der Waals surface area contributed by atoms with E-state index < -0.39 is 0 Å². The Balaban J connectivity index is 1.57. The third-order valence-corrected chi connectivity index (χ3v) is 7.28. The molecule has 0 spiro atoms. The number of nitrogens with zero attached hydrogens (tertiary/aromatic N) is 5. The third-order valence-electron chi connectivity index (χ3n) is 7.03. The number of fused-ring (bicyclic) bond motifs is 1. The second-order valence-electron chi connectivity index (χ2n) is 10.1. The Morgan fingerprint density at radius 1 is 0.949 bits per heavy atom. The number of halogens is 1. The number of carbonyl (C=O) groups is 2. The summed E-state index contributed by atoms with van der Waals surface area (Å²) in [6.07, 6.45) is 6.51. The number of aryl methyl sites for hydroxylation is 2. The second-order valence-corrected chi connectivity index (χ2v) is 10.5. The number of hydrogen-bond acceptors (Lipinski definition) is 5. The minimum Gasteiger partial charge on any atom is -0.375 e. The van der Waals surface area contributed by atoms with Crippen molar-refractivity contribution in [2.45, 2.75) is 38.8 Å². The van der Waals surface area contributed by atoms with Gasteiger partial charge in [-0.25, -0.2) is 0 Å². The molecule has 8 nitrogen and oxygen atoms in total. The van der Waals surface area contributed by atoms with Crippen molar-refractivity contribution in [1.82, 2.24) is 19.6 Å². The van der Waals surface area contributed by atoms with E-state index in [4.69, 9.17) is 16.3 Å². The summed E-state index contributed by atoms with van der Waals surface area (Å²) in [4.78, 5) is 32.8. The van der Waals surface area contributed by atoms with E-state index in [1.165, 1.54) is 12.7 Å². The zero-order valence-electron chi connectivity index (χ0n) is 22.9. The summed E-state index contributed by atoms with van der Waals surface area (Å²) >= 11 is 6.10. The highest BCUT2D eigenvalue weighted by atomic mass is 35.5. The first-order chi connectivity index (χ1) is 18.9. The summed E-state index contributed by atoms with van der Waals surface area (Å²) in [5.41, 5.74) is 4.05. The Morgan fingerprint density at radius 3 is 2.41 bits per heavy atom. The molecule has 1 aromatic heterocycles. The highest BCUT2D eigenvalue weighted by Gasteiger charge is 2.23. The molecule has 2 aromatic carbocycles. The van der Waals surface area contributed by atoms with Crippen molar-refractivity contribution >= 4 is 29.1 Å². The Labute approximate surface area is 236 Å². The fourth-order valence-electron chi connectivity index (χ4n) is 5.05. The summed E-state index contributed by atoms with van der Waals surface area (Å²) in [5.74, 6) is 0.0189. The second kappa shape index (κ2) is 14.3. The molecule has 0 atom stereocenters. The minimum absolute atomic E-state index is 0.0105. The fourth-order valence-corrected chi connectivity index (χ4v) is 5.18. The highest BCUT2D eigenvalue weighted by Crippen LogP contribution is 2.24. The molecule has 0 saturated heterocycles. The van der Waals surface area contributed by atoms with E-state index in [2.05, 4.69) is 22.1 Å². The summed E-state index contributed by atoms with van der Waals surface area (Å²) < 4.78 is 6.96. The number of anilines is 1. The van der Waals surface area contributed by atoms with Gasteiger partial charge < -0.3 is 14.5 Å². The van der Waals surface area contributed by atoms with Gasteiger partial charge >= 0.3 is 0 Å². The van der Waals surface area contributed by atoms with Crippen molar-refractivity contribution in [3.8, 4) is 0 Å². The maximum absolute atomic E-state index is 13.5. The van der Waals surface area contributed by atoms with E-state index in [-0.39, 0.29) is 18.4 Å². The first-order valence-corrected chi connectivity index (χ1v) is 13.9. The van der Waals surface area contributed by atoms with Crippen LogP contribution in [-0.4, -0.2) is 71.3 Å². The van der Waals surface area contributed by atoms with Crippen LogP contribution in [0.25, 0.3) is 0 Å². The molecule has 0 aliphatic carbocycles. The molecule has 0 radical (unpaired) electrons. The zero-order chi connectivity index (χ0) is 27.6. The number of amides is 2. The van der Waals surface area contributed by atoms with Crippen LogP contribution in [-0.2, 0) is 40.9 Å². The van der Waals surface area contributed by atoms with Crippen LogP contribution in [0.3, 0.4) is 0 Å². The van der Waals surface area contributed by atoms with E-state index in [0.29, 0.717) is 32.5 Å². The van der Waals surface area contributed by atoms with Crippen molar-refractivity contribution in [2.24, 2.45) is 7.05 Å². The minimum atomic E-state index is -0.0827. The topological polar surface area (TPSA) is 70.9 Å². The number of ether oxygens (including phenoxy) is 1. The lowest BCUT2D eigenvalue weighted by molar-refractivity contribution is -0.131. The average Bonchev–Trinajstić information content (AvgIpc) is 3.35. The monoisotopic (exact) mass is 551 g/mol. The van der Waals surface area contributed by atoms with Crippen molar-refractivity contribution in [3.05, 3.63) is 82.6 Å². The molecule has 0 unspecified atom stereocenters. The molecule has 1 aliphatic heterocycles. The van der Waals surface area contributed by atoms with Gasteiger partial charge in [-0.3, -0.25) is 19.2 Å². The van der Waals surface area contributed by atoms with Crippen molar-refractivity contribution in [1.29, 1.82) is 0 Å². The summed E-state index contributed by atoms with van der Waals surface area (Å²) in [6.45, 7) is 4.15. The molecule has 0 saturated carbocycles. The van der Waals surface area contributed by atoms with Crippen LogP contribution < -0.4 is 4.90 Å². The van der Waals surface area contributed by atoms with Crippen molar-refractivity contribution in [2.75, 3.05) is 44.8 Å². The molecule has 2 amide bonds. The Bertz CT molecular complexity index is 1230. The van der Waals surface area contributed by atoms with E-state index in [0.717, 1.165) is 54.3 Å². The van der Waals surface area contributed by atoms with Crippen LogP contribution in [0.4, 0.5) is 5.69 Å². The largest absolute Gasteiger partial charge is 0.375 e. The van der Waals surface area contributed by atoms with E-state index in [9.17, 15) is 9.59 Å². The standard InChI is InChI=1S/C30H38ClN5O3/c1-33-20-25(19-32-33)11-14-29(37)35-17-5-15-34(21-24-9-12-27(31)13-10-24)16-6-18-36(30(38)23-39-2)28-8-4-3-7-26(28)22-35/h3-4,7-10,12-13,19-20H,5-6,11,14-18,21-23H2,1-2H3. The maximum Gasteiger partial charge on any atom is 0.252 e. The molecular weight excluding hydrogens is 514 g/mol. The highest BCUT2D eigenvalue weighted by molar-refractivity contribution is 6.30. The van der Waals surface area contributed by atoms with Gasteiger partial charge in [-0.05, 0) is 54.2 Å². The van der Waals surface area contributed by atoms with Crippen LogP contribution in [0.1, 0.15) is 36.0 Å². The molecular formula is C30H38ClN5O3. The lowest BCUT2D eigenvalue weighted by atomic mass is 10.1. The molecule has 1 aliphatic rings. The van der Waals surface area contributed by atoms with Gasteiger partial charge in [0.1, 0.15) is 6.61 Å². The Hall–Kier alpha value is -3.20. The molecule has 0 N–H and O–H groups in total. The predicted molar refractivity (Wildman–Crippen MR) is 154 cm³/mol. The quantitative estimate of drug-likeness (QED) is 0.437. The van der Waals surface area contributed by atoms with Crippen LogP contribution in [0.15, 0.2) is 60.9 Å². The molecule has 208 valence electrons. The summed E-state index contributed by atoms with van der Waals surface area (Å²) in [7, 11) is 3.42. The van der Waals surface area contributed by atoms with E-state index in [1.54, 1.807) is 4.68 Å². The van der Waals surface area contributed by atoms with Crippen molar-refractivity contribution < 1.29 is 14.3 Å². The van der Waals surface area contributed by atoms with E-state index >= 15 is 0 Å². The third kappa shape index (κ3) is 8.39. The normalized spacial score (nSPS) is 15.4. The Morgan fingerprint density at radius 2 is 1.69 bits per heavy atom. The molecule has 4 rings (SSSR count). The van der Waals surface area contributed by atoms with Gasteiger partial charge in [-0.1, -0.05) is 41.9 Å². The van der Waals surface area contributed by atoms with Crippen LogP contribution in [0.5, 0.6) is 0 Å². The average molecular weight is 552 g/mol. The maximum atomic E-state index is 13.5. The van der Waals surface area contributed by atoms with Crippen LogP contribution in [0.2, 0.25) is 5.02 Å². The number of benzene rings is 2. The number of para-hydroxylation sites is 1. The molecule has 3 aromatic rings. The lowest BCUT2D eigenvalue weighted by Crippen LogP contribution is -2.40. The van der Waals surface area contributed by atoms with Crippen molar-refractivity contribution in [3.63, 3.8) is 0 Å². The van der Waals surface area contributed by atoms with Gasteiger partial charge in [-0.2, -0.15) is 5.10 Å². The molecule has 0 fully saturated rings. The van der Waals surface area contributed by atoms with E-state index in [1.807, 2.05) is 65.6 Å². The van der Waals surface area contributed by atoms with Crippen LogP contribution >= 0.6 is 11.6 Å². The summed E-state index contributed by atoms with van der Waals surface area (Å²) in [5, 5.41) is 4.95. The van der Waals surface area contributed by atoms with Gasteiger partial charge in [0.05, 0.1) is 6.20 Å². The number of aromatic nitrogens is 2. The molecule has 39 heavy (non-hydrogen) atoms. The number of carbonyl (C=O) groups excluding carboxylic acids is 2. The molecule has 2 heterocycles. The van der Waals surface area contributed by atoms with Gasteiger partial charge in [0, 0.05) is 76.8 Å². The first-order valence-electron chi connectivity index (χ1n) is 13.5. The smallest absolute Gasteiger partial charge is 0.252 e. The number of methoxy groups -OCH3 is 1. The Kier molecular flexibility index (Phi) is 10.5. The fraction of sp³-hybridized carbons (Fsp3) is 0.433. The van der Waals surface area contributed by atoms with Gasteiger partial charge in [0.2, 0.25) is 5.91 Å². The first kappa shape index (κ1) is 28.8. The lowest BCUT2D eigenvalue weighted by Gasteiger charge is -2.31. The predicted octanol–water partition coefficient (Wildman–Crippen LogP) is 4.31. The zero-order valence-corrected chi connectivity index (χ0v) is 23.6. The van der Waals surface area contributed by atoms with Crippen LogP contribution in [0, 0.1) is 0 Å². The number of rotatable bonds is 7.